The molecular weight excluding hydrogens is 180 g/mol. The number of urea groups is 1. The summed E-state index contributed by atoms with van der Waals surface area (Å²) in [6.07, 6.45) is 2.55. The maximum Gasteiger partial charge on any atom is 0.317 e. The molecule has 0 aromatic carbocycles. The van der Waals surface area contributed by atoms with E-state index in [-0.39, 0.29) is 6.03 Å². The third kappa shape index (κ3) is 3.12. The summed E-state index contributed by atoms with van der Waals surface area (Å²) in [4.78, 5) is 13.0. The molecule has 2 amide bonds. The molecule has 0 saturated heterocycles. The van der Waals surface area contributed by atoms with Crippen molar-refractivity contribution in [2.24, 2.45) is 0 Å². The van der Waals surface area contributed by atoms with Crippen LogP contribution in [-0.2, 0) is 6.54 Å². The molecule has 1 N–H and O–H groups in total. The van der Waals surface area contributed by atoms with Gasteiger partial charge in [0, 0.05) is 13.6 Å². The Morgan fingerprint density at radius 1 is 1.64 bits per heavy atom. The van der Waals surface area contributed by atoms with Crippen LogP contribution in [0.3, 0.4) is 0 Å². The molecule has 1 heterocycles. The summed E-state index contributed by atoms with van der Waals surface area (Å²) in [5.74, 6) is 0.791. The number of hydrogen-bond acceptors (Lipinski definition) is 2. The highest BCUT2D eigenvalue weighted by atomic mass is 16.3. The zero-order chi connectivity index (χ0) is 10.4. The Kier molecular flexibility index (Phi) is 4.04. The first kappa shape index (κ1) is 10.6. The molecule has 78 valence electrons. The second-order valence-corrected chi connectivity index (χ2v) is 3.17. The van der Waals surface area contributed by atoms with Gasteiger partial charge in [-0.2, -0.15) is 0 Å². The highest BCUT2D eigenvalue weighted by Crippen LogP contribution is 2.03. The lowest BCUT2D eigenvalue weighted by Crippen LogP contribution is -2.36. The van der Waals surface area contributed by atoms with Crippen molar-refractivity contribution in [2.75, 3.05) is 13.6 Å². The zero-order valence-corrected chi connectivity index (χ0v) is 8.62. The Bertz CT molecular complexity index is 270. The molecule has 1 aromatic heterocycles. The van der Waals surface area contributed by atoms with E-state index in [9.17, 15) is 4.79 Å². The van der Waals surface area contributed by atoms with E-state index >= 15 is 0 Å². The first-order valence-corrected chi connectivity index (χ1v) is 4.75. The van der Waals surface area contributed by atoms with Crippen LogP contribution in [0.15, 0.2) is 22.8 Å². The molecule has 0 saturated carbocycles. The van der Waals surface area contributed by atoms with Crippen molar-refractivity contribution in [1.82, 2.24) is 10.2 Å². The van der Waals surface area contributed by atoms with E-state index in [2.05, 4.69) is 5.32 Å². The van der Waals surface area contributed by atoms with Crippen LogP contribution >= 0.6 is 0 Å². The normalized spacial score (nSPS) is 9.86. The minimum absolute atomic E-state index is 0.0664. The summed E-state index contributed by atoms with van der Waals surface area (Å²) >= 11 is 0. The molecule has 4 nitrogen and oxygen atoms in total. The summed E-state index contributed by atoms with van der Waals surface area (Å²) in [5.41, 5.74) is 0. The third-order valence-electron chi connectivity index (χ3n) is 1.85. The van der Waals surface area contributed by atoms with Crippen LogP contribution in [-0.4, -0.2) is 24.5 Å². The van der Waals surface area contributed by atoms with Crippen LogP contribution in [0, 0.1) is 0 Å². The summed E-state index contributed by atoms with van der Waals surface area (Å²) in [5, 5.41) is 2.79. The van der Waals surface area contributed by atoms with Gasteiger partial charge in [0.15, 0.2) is 0 Å². The van der Waals surface area contributed by atoms with Crippen molar-refractivity contribution in [2.45, 2.75) is 19.9 Å². The summed E-state index contributed by atoms with van der Waals surface area (Å²) in [7, 11) is 1.74. The van der Waals surface area contributed by atoms with Gasteiger partial charge in [-0.1, -0.05) is 6.92 Å². The number of carbonyl (C=O) groups is 1. The summed E-state index contributed by atoms with van der Waals surface area (Å²) in [6.45, 7) is 3.23. The second-order valence-electron chi connectivity index (χ2n) is 3.17. The lowest BCUT2D eigenvalue weighted by atomic mass is 10.4. The second kappa shape index (κ2) is 5.32. The molecular formula is C10H16N2O2. The van der Waals surface area contributed by atoms with Gasteiger partial charge < -0.3 is 14.6 Å². The van der Waals surface area contributed by atoms with E-state index in [1.54, 1.807) is 18.2 Å². The Morgan fingerprint density at radius 2 is 2.43 bits per heavy atom. The lowest BCUT2D eigenvalue weighted by molar-refractivity contribution is 0.203. The zero-order valence-electron chi connectivity index (χ0n) is 8.62. The predicted octanol–water partition coefficient (Wildman–Crippen LogP) is 1.83. The largest absolute Gasteiger partial charge is 0.467 e. The molecule has 0 unspecified atom stereocenters. The van der Waals surface area contributed by atoms with Crippen molar-refractivity contribution in [3.05, 3.63) is 24.2 Å². The van der Waals surface area contributed by atoms with Gasteiger partial charge in [-0.3, -0.25) is 0 Å². The number of hydrogen-bond donors (Lipinski definition) is 1. The van der Waals surface area contributed by atoms with Gasteiger partial charge in [-0.05, 0) is 18.6 Å². The van der Waals surface area contributed by atoms with Crippen molar-refractivity contribution < 1.29 is 9.21 Å². The molecule has 4 heteroatoms. The van der Waals surface area contributed by atoms with Crippen molar-refractivity contribution in [1.29, 1.82) is 0 Å². The van der Waals surface area contributed by atoms with Crippen molar-refractivity contribution >= 4 is 6.03 Å². The SMILES string of the molecule is CCCNC(=O)N(C)Cc1ccco1. The van der Waals surface area contributed by atoms with Crippen LogP contribution in [0.5, 0.6) is 0 Å². The van der Waals surface area contributed by atoms with Crippen molar-refractivity contribution in [3.8, 4) is 0 Å². The third-order valence-corrected chi connectivity index (χ3v) is 1.85. The average molecular weight is 196 g/mol. The molecule has 14 heavy (non-hydrogen) atoms. The summed E-state index contributed by atoms with van der Waals surface area (Å²) < 4.78 is 5.14. The molecule has 0 aliphatic heterocycles. The molecule has 0 aliphatic rings. The van der Waals surface area contributed by atoms with Gasteiger partial charge in [-0.25, -0.2) is 4.79 Å². The Hall–Kier alpha value is -1.45. The maximum absolute atomic E-state index is 11.4. The number of furan rings is 1. The molecule has 1 aromatic rings. The quantitative estimate of drug-likeness (QED) is 0.798. The average Bonchev–Trinajstić information content (AvgIpc) is 2.66. The van der Waals surface area contributed by atoms with E-state index in [0.717, 1.165) is 12.2 Å². The Labute approximate surface area is 83.9 Å². The first-order chi connectivity index (χ1) is 6.74. The fraction of sp³-hybridized carbons (Fsp3) is 0.500. The lowest BCUT2D eigenvalue weighted by Gasteiger charge is -2.16. The maximum atomic E-state index is 11.4. The van der Waals surface area contributed by atoms with Crippen LogP contribution in [0.1, 0.15) is 19.1 Å². The van der Waals surface area contributed by atoms with E-state index in [1.165, 1.54) is 0 Å². The van der Waals surface area contributed by atoms with Crippen molar-refractivity contribution in [3.63, 3.8) is 0 Å². The fourth-order valence-corrected chi connectivity index (χ4v) is 1.07. The number of carbonyl (C=O) groups excluding carboxylic acids is 1. The van der Waals surface area contributed by atoms with Gasteiger partial charge in [0.1, 0.15) is 5.76 Å². The van der Waals surface area contributed by atoms with Gasteiger partial charge in [0.2, 0.25) is 0 Å². The van der Waals surface area contributed by atoms with E-state index in [4.69, 9.17) is 4.42 Å². The predicted molar refractivity (Wildman–Crippen MR) is 53.9 cm³/mol. The molecule has 0 atom stereocenters. The number of amides is 2. The van der Waals surface area contributed by atoms with E-state index < -0.39 is 0 Å². The number of nitrogens with one attached hydrogen (secondary N) is 1. The highest BCUT2D eigenvalue weighted by Gasteiger charge is 2.08. The standard InChI is InChI=1S/C10H16N2O2/c1-3-6-11-10(13)12(2)8-9-5-4-7-14-9/h4-5,7H,3,6,8H2,1-2H3,(H,11,13). The smallest absolute Gasteiger partial charge is 0.317 e. The molecule has 1 rings (SSSR count). The van der Waals surface area contributed by atoms with Gasteiger partial charge in [-0.15, -0.1) is 0 Å². The molecule has 0 radical (unpaired) electrons. The van der Waals surface area contributed by atoms with Crippen LogP contribution in [0.25, 0.3) is 0 Å². The Morgan fingerprint density at radius 3 is 3.00 bits per heavy atom. The molecule has 0 spiro atoms. The minimum Gasteiger partial charge on any atom is -0.467 e. The topological polar surface area (TPSA) is 45.5 Å². The van der Waals surface area contributed by atoms with Gasteiger partial charge >= 0.3 is 6.03 Å². The number of nitrogens with zero attached hydrogens (tertiary/aromatic N) is 1. The van der Waals surface area contributed by atoms with Crippen LogP contribution in [0.2, 0.25) is 0 Å². The molecule has 0 aliphatic carbocycles. The van der Waals surface area contributed by atoms with Crippen LogP contribution in [0.4, 0.5) is 4.79 Å². The molecule has 0 fully saturated rings. The molecule has 0 bridgehead atoms. The highest BCUT2D eigenvalue weighted by molar-refractivity contribution is 5.73. The van der Waals surface area contributed by atoms with Crippen LogP contribution < -0.4 is 5.32 Å². The monoisotopic (exact) mass is 196 g/mol. The van der Waals surface area contributed by atoms with E-state index in [0.29, 0.717) is 13.1 Å². The number of rotatable bonds is 4. The summed E-state index contributed by atoms with van der Waals surface area (Å²) in [6, 6.07) is 3.60. The Balaban J connectivity index is 2.34. The van der Waals surface area contributed by atoms with Gasteiger partial charge in [0.25, 0.3) is 0 Å². The minimum atomic E-state index is -0.0664. The fourth-order valence-electron chi connectivity index (χ4n) is 1.07. The first-order valence-electron chi connectivity index (χ1n) is 4.75. The van der Waals surface area contributed by atoms with E-state index in [1.807, 2.05) is 19.1 Å². The van der Waals surface area contributed by atoms with Gasteiger partial charge in [0.05, 0.1) is 12.8 Å².